The van der Waals surface area contributed by atoms with E-state index in [9.17, 15) is 0 Å². The van der Waals surface area contributed by atoms with Crippen molar-refractivity contribution in [2.24, 2.45) is 0 Å². The standard InChI is InChI=1S/C48H38N4O4.Zn/c1-53-41-17-9-5-13-29(41)45-33-21-23-35(49-33)46(30-14-6-10-18-42(30)54-2)37-25-27-39(51-37)48(32-16-8-12-20-44(32)56-4)40-28-26-38(52-40)47(36-24-22-34(45)50-36)31-15-7-11-19-43(31)55-3;/h5-28,49,52H,1-4H3;. The molecule has 2 aliphatic rings. The monoisotopic (exact) mass is 798 g/mol. The largest absolute Gasteiger partial charge is 0.496 e. The van der Waals surface area contributed by atoms with Crippen LogP contribution in [-0.2, 0) is 19.5 Å². The minimum absolute atomic E-state index is 0. The number of aromatic amines is 2. The van der Waals surface area contributed by atoms with Gasteiger partial charge in [-0.1, -0.05) is 72.8 Å². The van der Waals surface area contributed by atoms with Crippen LogP contribution < -0.4 is 18.9 Å². The van der Waals surface area contributed by atoms with Gasteiger partial charge >= 0.3 is 0 Å². The van der Waals surface area contributed by atoms with Crippen LogP contribution in [0, 0.1) is 0 Å². The van der Waals surface area contributed by atoms with Gasteiger partial charge in [0.1, 0.15) is 23.0 Å². The molecule has 0 spiro atoms. The number of benzene rings is 4. The quantitative estimate of drug-likeness (QED) is 0.149. The van der Waals surface area contributed by atoms with Gasteiger partial charge in [0.15, 0.2) is 0 Å². The number of hydrogen-bond donors (Lipinski definition) is 2. The number of hydrogen-bond acceptors (Lipinski definition) is 6. The maximum Gasteiger partial charge on any atom is 0.126 e. The van der Waals surface area contributed by atoms with E-state index in [4.69, 9.17) is 28.9 Å². The third-order valence-corrected chi connectivity index (χ3v) is 10.3. The maximum atomic E-state index is 5.94. The molecule has 2 N–H and O–H groups in total. The third kappa shape index (κ3) is 6.60. The molecule has 0 atom stereocenters. The smallest absolute Gasteiger partial charge is 0.126 e. The van der Waals surface area contributed by atoms with Gasteiger partial charge in [0.2, 0.25) is 0 Å². The van der Waals surface area contributed by atoms with E-state index in [0.29, 0.717) is 0 Å². The zero-order valence-corrected chi connectivity index (χ0v) is 35.1. The van der Waals surface area contributed by atoms with Crippen LogP contribution >= 0.6 is 0 Å². The Morgan fingerprint density at radius 1 is 0.333 bits per heavy atom. The summed E-state index contributed by atoms with van der Waals surface area (Å²) in [4.78, 5) is 18.4. The molecule has 0 amide bonds. The van der Waals surface area contributed by atoms with Crippen molar-refractivity contribution in [2.75, 3.05) is 28.4 Å². The van der Waals surface area contributed by atoms with Gasteiger partial charge in [0.05, 0.1) is 51.2 Å². The number of rotatable bonds is 8. The second-order valence-electron chi connectivity index (χ2n) is 13.3. The minimum atomic E-state index is 0. The summed E-state index contributed by atoms with van der Waals surface area (Å²) in [5, 5.41) is 0. The normalized spacial score (nSPS) is 11.6. The Labute approximate surface area is 343 Å². The van der Waals surface area contributed by atoms with Crippen molar-refractivity contribution in [3.8, 4) is 67.5 Å². The van der Waals surface area contributed by atoms with Crippen LogP contribution in [0.2, 0.25) is 0 Å². The minimum Gasteiger partial charge on any atom is -0.496 e. The Kier molecular flexibility index (Phi) is 10.3. The Bertz CT molecular complexity index is 2510. The van der Waals surface area contributed by atoms with Gasteiger partial charge in [-0.2, -0.15) is 0 Å². The average Bonchev–Trinajstić information content (AvgIpc) is 4.10. The molecule has 4 aromatic carbocycles. The number of H-pyrrole nitrogens is 2. The molecule has 8 bridgehead atoms. The number of ether oxygens (including phenoxy) is 4. The van der Waals surface area contributed by atoms with Gasteiger partial charge in [0.25, 0.3) is 0 Å². The van der Waals surface area contributed by atoms with E-state index in [1.54, 1.807) is 28.4 Å². The first-order valence-electron chi connectivity index (χ1n) is 18.3. The molecule has 9 heteroatoms. The predicted octanol–water partition coefficient (Wildman–Crippen LogP) is 11.4. The summed E-state index contributed by atoms with van der Waals surface area (Å²) in [5.41, 5.74) is 13.7. The fourth-order valence-electron chi connectivity index (χ4n) is 7.74. The third-order valence-electron chi connectivity index (χ3n) is 10.3. The second-order valence-corrected chi connectivity index (χ2v) is 13.3. The molecular weight excluding hydrogens is 762 g/mol. The summed E-state index contributed by atoms with van der Waals surface area (Å²) in [5.74, 6) is 2.93. The van der Waals surface area contributed by atoms with Crippen molar-refractivity contribution in [3.05, 3.63) is 144 Å². The predicted molar refractivity (Wildman–Crippen MR) is 227 cm³/mol. The van der Waals surface area contributed by atoms with Gasteiger partial charge in [-0.25, -0.2) is 9.97 Å². The van der Waals surface area contributed by atoms with E-state index in [-0.39, 0.29) is 19.5 Å². The molecule has 0 fully saturated rings. The molecule has 0 aliphatic carbocycles. The van der Waals surface area contributed by atoms with Crippen LogP contribution in [-0.4, -0.2) is 48.4 Å². The fourth-order valence-corrected chi connectivity index (χ4v) is 7.74. The molecule has 0 unspecified atom stereocenters. The topological polar surface area (TPSA) is 94.3 Å². The Balaban J connectivity index is 0.00000455. The van der Waals surface area contributed by atoms with Crippen LogP contribution in [0.25, 0.3) is 90.9 Å². The van der Waals surface area contributed by atoms with E-state index < -0.39 is 0 Å². The summed E-state index contributed by atoms with van der Waals surface area (Å²) in [6.45, 7) is 0. The van der Waals surface area contributed by atoms with E-state index in [1.807, 2.05) is 72.8 Å². The number of fused-ring (bicyclic) bond motifs is 8. The van der Waals surface area contributed by atoms with Gasteiger partial charge in [-0.05, 0) is 72.8 Å². The molecule has 3 aromatic heterocycles. The summed E-state index contributed by atoms with van der Waals surface area (Å²) >= 11 is 0. The number of nitrogens with zero attached hydrogens (tertiary/aromatic N) is 2. The van der Waals surface area contributed by atoms with Crippen LogP contribution in [0.15, 0.2) is 121 Å². The summed E-state index contributed by atoms with van der Waals surface area (Å²) in [6, 6.07) is 40.5. The number of methoxy groups -OCH3 is 4. The van der Waals surface area contributed by atoms with Crippen molar-refractivity contribution in [1.29, 1.82) is 0 Å². The van der Waals surface area contributed by atoms with E-state index in [0.717, 1.165) is 112 Å². The molecule has 0 saturated carbocycles. The van der Waals surface area contributed by atoms with Gasteiger partial charge in [-0.15, -0.1) is 0 Å². The number of para-hydroxylation sites is 4. The Morgan fingerprint density at radius 2 is 0.561 bits per heavy atom. The molecule has 9 rings (SSSR count). The molecule has 276 valence electrons. The maximum absolute atomic E-state index is 5.94. The summed E-state index contributed by atoms with van der Waals surface area (Å²) in [7, 11) is 6.77. The second kappa shape index (κ2) is 15.8. The van der Waals surface area contributed by atoms with Crippen LogP contribution in [0.4, 0.5) is 0 Å². The number of nitrogens with one attached hydrogen (secondary N) is 2. The van der Waals surface area contributed by atoms with Crippen LogP contribution in [0.3, 0.4) is 0 Å². The Hall–Kier alpha value is -6.70. The molecule has 5 heterocycles. The molecule has 8 nitrogen and oxygen atoms in total. The van der Waals surface area contributed by atoms with E-state index in [2.05, 4.69) is 82.8 Å². The van der Waals surface area contributed by atoms with Crippen molar-refractivity contribution >= 4 is 46.4 Å². The first-order chi connectivity index (χ1) is 27.6. The van der Waals surface area contributed by atoms with E-state index in [1.165, 1.54) is 0 Å². The molecule has 7 aromatic rings. The van der Waals surface area contributed by atoms with Crippen LogP contribution in [0.5, 0.6) is 23.0 Å². The first kappa shape index (κ1) is 37.2. The average molecular weight is 800 g/mol. The SMILES string of the molecule is COc1ccccc1-c1c2nc(c(-c3ccccc3OC)c3ccc([nH]3)c(-c3ccccc3OC)c3nc(c(-c4ccccc4OC)c4ccc1[nH]4)C=C3)C=C2.[Zn]. The first-order valence-corrected chi connectivity index (χ1v) is 18.3. The van der Waals surface area contributed by atoms with Crippen molar-refractivity contribution in [1.82, 2.24) is 19.9 Å². The fraction of sp³-hybridized carbons (Fsp3) is 0.0833. The zero-order valence-electron chi connectivity index (χ0n) is 32.1. The van der Waals surface area contributed by atoms with Crippen LogP contribution in [0.1, 0.15) is 22.8 Å². The van der Waals surface area contributed by atoms with E-state index >= 15 is 0 Å². The summed E-state index contributed by atoms with van der Waals surface area (Å²) in [6.07, 6.45) is 8.27. The molecule has 0 radical (unpaired) electrons. The van der Waals surface area contributed by atoms with Gasteiger partial charge < -0.3 is 28.9 Å². The molecule has 0 saturated heterocycles. The van der Waals surface area contributed by atoms with Crippen molar-refractivity contribution < 1.29 is 38.4 Å². The number of aromatic nitrogens is 4. The Morgan fingerprint density at radius 3 is 0.789 bits per heavy atom. The van der Waals surface area contributed by atoms with Crippen molar-refractivity contribution in [3.63, 3.8) is 0 Å². The molecule has 2 aliphatic heterocycles. The van der Waals surface area contributed by atoms with Gasteiger partial charge in [-0.3, -0.25) is 0 Å². The molecule has 57 heavy (non-hydrogen) atoms. The van der Waals surface area contributed by atoms with Gasteiger partial charge in [0, 0.05) is 86.1 Å². The zero-order chi connectivity index (χ0) is 38.2. The molecular formula is C48H38N4O4Zn. The summed E-state index contributed by atoms with van der Waals surface area (Å²) < 4.78 is 23.8. The van der Waals surface area contributed by atoms with Crippen molar-refractivity contribution in [2.45, 2.75) is 0 Å².